The van der Waals surface area contributed by atoms with Gasteiger partial charge in [-0.3, -0.25) is 4.79 Å². The summed E-state index contributed by atoms with van der Waals surface area (Å²) in [5.41, 5.74) is 9.83. The minimum atomic E-state index is -0.567. The topological polar surface area (TPSA) is 69.1 Å². The molecular weight excluding hydrogens is 92.1 g/mol. The zero-order chi connectivity index (χ0) is 5.86. The molecule has 0 unspecified atom stereocenters. The van der Waals surface area contributed by atoms with Gasteiger partial charge in [0.15, 0.2) is 0 Å². The Bertz CT molecular complexity index is 106. The van der Waals surface area contributed by atoms with Gasteiger partial charge in [-0.25, -0.2) is 0 Å². The fourth-order valence-corrected chi connectivity index (χ4v) is 0.142. The lowest BCUT2D eigenvalue weighted by atomic mass is 10.4. The van der Waals surface area contributed by atoms with E-state index in [1.165, 1.54) is 6.08 Å². The molecule has 0 fully saturated rings. The Balaban J connectivity index is 3.82. The molecule has 0 aromatic rings. The first-order valence-electron chi connectivity index (χ1n) is 1.90. The molecular formula is C4H8N2O. The van der Waals surface area contributed by atoms with Crippen molar-refractivity contribution in [3.05, 3.63) is 11.8 Å². The second-order valence-corrected chi connectivity index (χ2v) is 1.11. The van der Waals surface area contributed by atoms with Crippen molar-refractivity contribution in [1.29, 1.82) is 0 Å². The summed E-state index contributed by atoms with van der Waals surface area (Å²) in [5.74, 6) is -0.567. The third kappa shape index (κ3) is 1.81. The van der Waals surface area contributed by atoms with E-state index in [0.29, 0.717) is 0 Å². The SMILES string of the molecule is C/C=C(\N)C(N)=O. The number of carbonyl (C=O) groups excluding carboxylic acids is 1. The van der Waals surface area contributed by atoms with Crippen molar-refractivity contribution in [2.75, 3.05) is 0 Å². The summed E-state index contributed by atoms with van der Waals surface area (Å²) in [6, 6.07) is 0. The molecule has 0 bridgehead atoms. The third-order valence-electron chi connectivity index (χ3n) is 0.596. The van der Waals surface area contributed by atoms with Gasteiger partial charge in [-0.15, -0.1) is 0 Å². The lowest BCUT2D eigenvalue weighted by molar-refractivity contribution is -0.114. The first-order valence-corrected chi connectivity index (χ1v) is 1.90. The Kier molecular flexibility index (Phi) is 1.91. The fraction of sp³-hybridized carbons (Fsp3) is 0.250. The van der Waals surface area contributed by atoms with E-state index >= 15 is 0 Å². The van der Waals surface area contributed by atoms with E-state index in [4.69, 9.17) is 11.5 Å². The van der Waals surface area contributed by atoms with Crippen LogP contribution in [0.4, 0.5) is 0 Å². The minimum absolute atomic E-state index is 0.111. The maximum absolute atomic E-state index is 9.96. The molecule has 0 aromatic carbocycles. The molecule has 7 heavy (non-hydrogen) atoms. The predicted molar refractivity (Wildman–Crippen MR) is 27.1 cm³/mol. The normalized spacial score (nSPS) is 11.3. The molecule has 0 aliphatic heterocycles. The molecule has 0 aliphatic carbocycles. The lowest BCUT2D eigenvalue weighted by Crippen LogP contribution is -2.19. The quantitative estimate of drug-likeness (QED) is 0.429. The highest BCUT2D eigenvalue weighted by Crippen LogP contribution is 1.75. The number of allylic oxidation sites excluding steroid dienone is 1. The van der Waals surface area contributed by atoms with Gasteiger partial charge >= 0.3 is 0 Å². The van der Waals surface area contributed by atoms with Crippen molar-refractivity contribution in [2.45, 2.75) is 6.92 Å². The van der Waals surface area contributed by atoms with Crippen LogP contribution >= 0.6 is 0 Å². The number of hydrogen-bond donors (Lipinski definition) is 2. The molecule has 0 aromatic heterocycles. The minimum Gasteiger partial charge on any atom is -0.395 e. The average molecular weight is 100 g/mol. The number of amides is 1. The largest absolute Gasteiger partial charge is 0.395 e. The summed E-state index contributed by atoms with van der Waals surface area (Å²) < 4.78 is 0. The lowest BCUT2D eigenvalue weighted by Gasteiger charge is -1.86. The molecule has 3 heteroatoms. The van der Waals surface area contributed by atoms with Crippen molar-refractivity contribution >= 4 is 5.91 Å². The van der Waals surface area contributed by atoms with E-state index < -0.39 is 5.91 Å². The summed E-state index contributed by atoms with van der Waals surface area (Å²) in [6.45, 7) is 1.65. The molecule has 0 heterocycles. The van der Waals surface area contributed by atoms with Crippen LogP contribution in [0.15, 0.2) is 11.8 Å². The zero-order valence-electron chi connectivity index (χ0n) is 4.14. The summed E-state index contributed by atoms with van der Waals surface area (Å²) >= 11 is 0. The second kappa shape index (κ2) is 2.23. The smallest absolute Gasteiger partial charge is 0.264 e. The molecule has 0 spiro atoms. The van der Waals surface area contributed by atoms with Crippen LogP contribution in [0.2, 0.25) is 0 Å². The molecule has 40 valence electrons. The molecule has 0 saturated carbocycles. The van der Waals surface area contributed by atoms with Crippen LogP contribution in [0.3, 0.4) is 0 Å². The van der Waals surface area contributed by atoms with Crippen LogP contribution in [0, 0.1) is 0 Å². The molecule has 0 radical (unpaired) electrons. The van der Waals surface area contributed by atoms with Crippen LogP contribution in [0.25, 0.3) is 0 Å². The van der Waals surface area contributed by atoms with Gasteiger partial charge in [0.05, 0.1) is 5.70 Å². The maximum Gasteiger partial charge on any atom is 0.264 e. The van der Waals surface area contributed by atoms with Gasteiger partial charge in [-0.05, 0) is 6.92 Å². The monoisotopic (exact) mass is 100 g/mol. The van der Waals surface area contributed by atoms with E-state index in [-0.39, 0.29) is 5.70 Å². The Labute approximate surface area is 42.0 Å². The van der Waals surface area contributed by atoms with Gasteiger partial charge in [0, 0.05) is 0 Å². The van der Waals surface area contributed by atoms with Crippen molar-refractivity contribution in [2.24, 2.45) is 11.5 Å². The van der Waals surface area contributed by atoms with Crippen LogP contribution in [-0.2, 0) is 4.79 Å². The number of primary amides is 1. The van der Waals surface area contributed by atoms with E-state index in [0.717, 1.165) is 0 Å². The van der Waals surface area contributed by atoms with Crippen molar-refractivity contribution in [3.8, 4) is 0 Å². The molecule has 1 amide bonds. The number of carbonyl (C=O) groups is 1. The fourth-order valence-electron chi connectivity index (χ4n) is 0.142. The van der Waals surface area contributed by atoms with Gasteiger partial charge in [0.2, 0.25) is 0 Å². The first-order chi connectivity index (χ1) is 3.18. The Morgan fingerprint density at radius 2 is 2.00 bits per heavy atom. The van der Waals surface area contributed by atoms with Gasteiger partial charge in [0.1, 0.15) is 0 Å². The van der Waals surface area contributed by atoms with E-state index in [1.807, 2.05) is 0 Å². The Morgan fingerprint density at radius 1 is 1.57 bits per heavy atom. The van der Waals surface area contributed by atoms with Crippen molar-refractivity contribution in [1.82, 2.24) is 0 Å². The third-order valence-corrected chi connectivity index (χ3v) is 0.596. The summed E-state index contributed by atoms with van der Waals surface area (Å²) in [4.78, 5) is 9.96. The molecule has 3 nitrogen and oxygen atoms in total. The molecule has 0 saturated heterocycles. The average Bonchev–Trinajstić information content (AvgIpc) is 1.65. The van der Waals surface area contributed by atoms with Gasteiger partial charge in [0.25, 0.3) is 5.91 Å². The highest BCUT2D eigenvalue weighted by atomic mass is 16.1. The molecule has 0 atom stereocenters. The second-order valence-electron chi connectivity index (χ2n) is 1.11. The van der Waals surface area contributed by atoms with E-state index in [2.05, 4.69) is 0 Å². The van der Waals surface area contributed by atoms with Gasteiger partial charge < -0.3 is 11.5 Å². The predicted octanol–water partition coefficient (Wildman–Crippen LogP) is -0.666. The Morgan fingerprint density at radius 3 is 2.00 bits per heavy atom. The van der Waals surface area contributed by atoms with Gasteiger partial charge in [-0.2, -0.15) is 0 Å². The van der Waals surface area contributed by atoms with Crippen LogP contribution in [0.1, 0.15) is 6.92 Å². The van der Waals surface area contributed by atoms with Crippen LogP contribution in [-0.4, -0.2) is 5.91 Å². The summed E-state index contributed by atoms with van der Waals surface area (Å²) in [5, 5.41) is 0. The van der Waals surface area contributed by atoms with Crippen LogP contribution in [0.5, 0.6) is 0 Å². The van der Waals surface area contributed by atoms with E-state index in [9.17, 15) is 4.79 Å². The summed E-state index contributed by atoms with van der Waals surface area (Å²) in [7, 11) is 0. The van der Waals surface area contributed by atoms with Crippen molar-refractivity contribution in [3.63, 3.8) is 0 Å². The summed E-state index contributed by atoms with van der Waals surface area (Å²) in [6.07, 6.45) is 1.46. The highest BCUT2D eigenvalue weighted by molar-refractivity contribution is 5.90. The zero-order valence-corrected chi connectivity index (χ0v) is 4.14. The maximum atomic E-state index is 9.96. The standard InChI is InChI=1S/C4H8N2O/c1-2-3(5)4(6)7/h2H,5H2,1H3,(H2,6,7)/b3-2-. The molecule has 0 aliphatic rings. The highest BCUT2D eigenvalue weighted by Gasteiger charge is 1.91. The number of nitrogens with two attached hydrogens (primary N) is 2. The van der Waals surface area contributed by atoms with Crippen molar-refractivity contribution < 1.29 is 4.79 Å². The van der Waals surface area contributed by atoms with Gasteiger partial charge in [-0.1, -0.05) is 6.08 Å². The van der Waals surface area contributed by atoms with E-state index in [1.54, 1.807) is 6.92 Å². The Hall–Kier alpha value is -0.990. The molecule has 4 N–H and O–H groups in total. The van der Waals surface area contributed by atoms with Crippen LogP contribution < -0.4 is 11.5 Å². The number of hydrogen-bond acceptors (Lipinski definition) is 2. The molecule has 0 rings (SSSR count). The first kappa shape index (κ1) is 6.01. The number of rotatable bonds is 1.